The van der Waals surface area contributed by atoms with Crippen LogP contribution in [0.15, 0.2) is 30.3 Å². The number of benzene rings is 1. The summed E-state index contributed by atoms with van der Waals surface area (Å²) in [5.41, 5.74) is 1.09. The van der Waals surface area contributed by atoms with E-state index in [1.165, 1.54) is 0 Å². The molecule has 0 aromatic heterocycles. The fraction of sp³-hybridized carbons (Fsp3) is 0.556. The van der Waals surface area contributed by atoms with Crippen LogP contribution >= 0.6 is 0 Å². The molecule has 0 unspecified atom stereocenters. The maximum absolute atomic E-state index is 12.5. The Hall–Kier alpha value is -1.88. The van der Waals surface area contributed by atoms with E-state index in [2.05, 4.69) is 5.32 Å². The van der Waals surface area contributed by atoms with E-state index >= 15 is 0 Å². The molecule has 0 spiro atoms. The highest BCUT2D eigenvalue weighted by Gasteiger charge is 2.30. The van der Waals surface area contributed by atoms with Gasteiger partial charge in [-0.2, -0.15) is 0 Å². The van der Waals surface area contributed by atoms with E-state index in [0.29, 0.717) is 19.5 Å². The Balaban J connectivity index is 1.90. The Kier molecular flexibility index (Phi) is 6.16. The number of likely N-dealkylation sites (tertiary alicyclic amines) is 1. The number of rotatable bonds is 6. The van der Waals surface area contributed by atoms with Crippen molar-refractivity contribution in [1.82, 2.24) is 10.2 Å². The van der Waals surface area contributed by atoms with Crippen LogP contribution in [0.25, 0.3) is 0 Å². The van der Waals surface area contributed by atoms with Crippen LogP contribution in [0.3, 0.4) is 0 Å². The number of amides is 2. The number of aliphatic hydroxyl groups is 1. The van der Waals surface area contributed by atoms with Gasteiger partial charge in [0, 0.05) is 13.1 Å². The molecule has 2 amide bonds. The summed E-state index contributed by atoms with van der Waals surface area (Å²) < 4.78 is 0. The Morgan fingerprint density at radius 1 is 1.35 bits per heavy atom. The summed E-state index contributed by atoms with van der Waals surface area (Å²) in [6, 6.07) is 9.37. The smallest absolute Gasteiger partial charge is 0.245 e. The summed E-state index contributed by atoms with van der Waals surface area (Å²) in [6.45, 7) is 5.02. The maximum Gasteiger partial charge on any atom is 0.245 e. The summed E-state index contributed by atoms with van der Waals surface area (Å²) in [7, 11) is 0. The van der Waals surface area contributed by atoms with E-state index in [4.69, 9.17) is 0 Å². The summed E-state index contributed by atoms with van der Waals surface area (Å²) >= 11 is 0. The third-order valence-electron chi connectivity index (χ3n) is 4.25. The molecule has 126 valence electrons. The molecule has 0 bridgehead atoms. The average Bonchev–Trinajstić information content (AvgIpc) is 2.52. The molecule has 1 heterocycles. The van der Waals surface area contributed by atoms with Crippen molar-refractivity contribution < 1.29 is 14.7 Å². The van der Waals surface area contributed by atoms with Crippen LogP contribution in [-0.2, 0) is 16.1 Å². The third-order valence-corrected chi connectivity index (χ3v) is 4.25. The lowest BCUT2D eigenvalue weighted by Gasteiger charge is -2.33. The van der Waals surface area contributed by atoms with Crippen molar-refractivity contribution in [1.29, 1.82) is 0 Å². The molecule has 1 aliphatic heterocycles. The predicted molar refractivity (Wildman–Crippen MR) is 88.5 cm³/mol. The van der Waals surface area contributed by atoms with Gasteiger partial charge >= 0.3 is 0 Å². The van der Waals surface area contributed by atoms with E-state index in [0.717, 1.165) is 12.0 Å². The topological polar surface area (TPSA) is 69.6 Å². The summed E-state index contributed by atoms with van der Waals surface area (Å²) in [4.78, 5) is 26.3. The molecule has 2 rings (SSSR count). The minimum absolute atomic E-state index is 0.0254. The van der Waals surface area contributed by atoms with Gasteiger partial charge in [0.15, 0.2) is 0 Å². The van der Waals surface area contributed by atoms with Crippen LogP contribution in [0.5, 0.6) is 0 Å². The Morgan fingerprint density at radius 2 is 2.04 bits per heavy atom. The van der Waals surface area contributed by atoms with E-state index < -0.39 is 12.1 Å². The summed E-state index contributed by atoms with van der Waals surface area (Å²) in [6.07, 6.45) is 0.901. The molecule has 1 aromatic rings. The zero-order valence-electron chi connectivity index (χ0n) is 13.9. The zero-order chi connectivity index (χ0) is 16.8. The van der Waals surface area contributed by atoms with Crippen LogP contribution in [0, 0.1) is 5.92 Å². The second-order valence-corrected chi connectivity index (χ2v) is 6.52. The second-order valence-electron chi connectivity index (χ2n) is 6.52. The predicted octanol–water partition coefficient (Wildman–Crippen LogP) is 1.70. The van der Waals surface area contributed by atoms with Crippen molar-refractivity contribution >= 4 is 11.8 Å². The van der Waals surface area contributed by atoms with Gasteiger partial charge in [-0.05, 0) is 24.3 Å². The lowest BCUT2D eigenvalue weighted by Crippen LogP contribution is -2.52. The fourth-order valence-corrected chi connectivity index (χ4v) is 2.71. The van der Waals surface area contributed by atoms with Gasteiger partial charge in [-0.1, -0.05) is 44.2 Å². The molecular formula is C18H26N2O3. The number of hydrogen-bond acceptors (Lipinski definition) is 3. The molecule has 2 atom stereocenters. The van der Waals surface area contributed by atoms with E-state index in [9.17, 15) is 14.7 Å². The lowest BCUT2D eigenvalue weighted by atomic mass is 10.0. The molecular weight excluding hydrogens is 292 g/mol. The molecule has 2 N–H and O–H groups in total. The Labute approximate surface area is 137 Å². The fourth-order valence-electron chi connectivity index (χ4n) is 2.71. The first-order valence-corrected chi connectivity index (χ1v) is 8.27. The van der Waals surface area contributed by atoms with Crippen LogP contribution in [0.1, 0.15) is 38.7 Å². The highest BCUT2D eigenvalue weighted by molar-refractivity contribution is 5.88. The van der Waals surface area contributed by atoms with Crippen molar-refractivity contribution in [3.05, 3.63) is 35.9 Å². The van der Waals surface area contributed by atoms with Crippen molar-refractivity contribution in [2.45, 2.75) is 51.8 Å². The van der Waals surface area contributed by atoms with Gasteiger partial charge in [0.25, 0.3) is 0 Å². The largest absolute Gasteiger partial charge is 0.392 e. The molecule has 1 aliphatic rings. The van der Waals surface area contributed by atoms with Crippen LogP contribution in [0.4, 0.5) is 0 Å². The van der Waals surface area contributed by atoms with Gasteiger partial charge in [0.05, 0.1) is 12.5 Å². The molecule has 0 radical (unpaired) electrons. The maximum atomic E-state index is 12.5. The Morgan fingerprint density at radius 3 is 2.70 bits per heavy atom. The molecule has 1 aromatic carbocycles. The Bertz CT molecular complexity index is 530. The quantitative estimate of drug-likeness (QED) is 0.839. The molecule has 1 fully saturated rings. The summed E-state index contributed by atoms with van der Waals surface area (Å²) in [5.74, 6) is -0.268. The van der Waals surface area contributed by atoms with Gasteiger partial charge in [0.1, 0.15) is 6.04 Å². The molecule has 1 saturated heterocycles. The highest BCUT2D eigenvalue weighted by Crippen LogP contribution is 2.16. The van der Waals surface area contributed by atoms with E-state index in [1.54, 1.807) is 4.90 Å². The van der Waals surface area contributed by atoms with Gasteiger partial charge in [-0.15, -0.1) is 0 Å². The number of nitrogens with zero attached hydrogens (tertiary/aromatic N) is 1. The zero-order valence-corrected chi connectivity index (χ0v) is 13.9. The normalized spacial score (nSPS) is 19.7. The number of carbonyl (C=O) groups excluding carboxylic acids is 2. The van der Waals surface area contributed by atoms with Crippen molar-refractivity contribution in [3.8, 4) is 0 Å². The molecule has 5 heteroatoms. The molecule has 0 aliphatic carbocycles. The minimum atomic E-state index is -0.672. The molecule has 0 saturated carbocycles. The number of nitrogens with one attached hydrogen (secondary N) is 1. The van der Waals surface area contributed by atoms with Crippen molar-refractivity contribution in [2.24, 2.45) is 5.92 Å². The number of piperidine rings is 1. The number of carbonyl (C=O) groups is 2. The SMILES string of the molecule is CC(C)[C@@H](O)CC(=O)N[C@@H]1CCCN(Cc2ccccc2)C1=O. The minimum Gasteiger partial charge on any atom is -0.392 e. The first-order valence-electron chi connectivity index (χ1n) is 8.27. The summed E-state index contributed by atoms with van der Waals surface area (Å²) in [5, 5.41) is 12.6. The molecule has 23 heavy (non-hydrogen) atoms. The highest BCUT2D eigenvalue weighted by atomic mass is 16.3. The van der Waals surface area contributed by atoms with E-state index in [1.807, 2.05) is 44.2 Å². The monoisotopic (exact) mass is 318 g/mol. The second kappa shape index (κ2) is 8.11. The van der Waals surface area contributed by atoms with Gasteiger partial charge < -0.3 is 15.3 Å². The van der Waals surface area contributed by atoms with Crippen molar-refractivity contribution in [3.63, 3.8) is 0 Å². The molecule has 5 nitrogen and oxygen atoms in total. The standard InChI is InChI=1S/C18H26N2O3/c1-13(2)16(21)11-17(22)19-15-9-6-10-20(18(15)23)12-14-7-4-3-5-8-14/h3-5,7-8,13,15-16,21H,6,9-12H2,1-2H3,(H,19,22)/t15-,16+/m1/s1. The van der Waals surface area contributed by atoms with E-state index in [-0.39, 0.29) is 24.2 Å². The number of hydrogen-bond donors (Lipinski definition) is 2. The number of aliphatic hydroxyl groups excluding tert-OH is 1. The van der Waals surface area contributed by atoms with Gasteiger partial charge in [0.2, 0.25) is 11.8 Å². The van der Waals surface area contributed by atoms with Crippen LogP contribution < -0.4 is 5.32 Å². The van der Waals surface area contributed by atoms with Gasteiger partial charge in [-0.25, -0.2) is 0 Å². The van der Waals surface area contributed by atoms with Gasteiger partial charge in [-0.3, -0.25) is 9.59 Å². The van der Waals surface area contributed by atoms with Crippen LogP contribution in [0.2, 0.25) is 0 Å². The first kappa shape index (κ1) is 17.5. The third kappa shape index (κ3) is 5.06. The van der Waals surface area contributed by atoms with Crippen LogP contribution in [-0.4, -0.2) is 40.5 Å². The van der Waals surface area contributed by atoms with Crippen molar-refractivity contribution in [2.75, 3.05) is 6.54 Å². The lowest BCUT2D eigenvalue weighted by molar-refractivity contribution is -0.140. The first-order chi connectivity index (χ1) is 11.0. The average molecular weight is 318 g/mol.